The fourth-order valence-electron chi connectivity index (χ4n) is 2.61. The maximum absolute atomic E-state index is 6.37. The predicted molar refractivity (Wildman–Crippen MR) is 85.7 cm³/mol. The topological polar surface area (TPSA) is 53.7 Å². The molecule has 2 aromatic rings. The van der Waals surface area contributed by atoms with Gasteiger partial charge in [-0.15, -0.1) is 0 Å². The standard InChI is InChI=1S/C18H21NO3/c1-2-20-16-6-4-3-5-14(16)11-15(19)13-7-8-17-18(12-13)22-10-9-21-17/h3-8,12,15H,2,9-11,19H2,1H3. The summed E-state index contributed by atoms with van der Waals surface area (Å²) in [6.07, 6.45) is 0.718. The Labute approximate surface area is 130 Å². The fraction of sp³-hybridized carbons (Fsp3) is 0.333. The fourth-order valence-corrected chi connectivity index (χ4v) is 2.61. The first-order chi connectivity index (χ1) is 10.8. The monoisotopic (exact) mass is 299 g/mol. The second-order valence-corrected chi connectivity index (χ2v) is 5.25. The van der Waals surface area contributed by atoms with Crippen molar-refractivity contribution in [2.45, 2.75) is 19.4 Å². The van der Waals surface area contributed by atoms with Gasteiger partial charge < -0.3 is 19.9 Å². The van der Waals surface area contributed by atoms with Crippen molar-refractivity contribution < 1.29 is 14.2 Å². The van der Waals surface area contributed by atoms with Crippen molar-refractivity contribution in [3.63, 3.8) is 0 Å². The number of hydrogen-bond acceptors (Lipinski definition) is 4. The van der Waals surface area contributed by atoms with E-state index >= 15 is 0 Å². The summed E-state index contributed by atoms with van der Waals surface area (Å²) in [4.78, 5) is 0. The number of rotatable bonds is 5. The first-order valence-corrected chi connectivity index (χ1v) is 7.63. The van der Waals surface area contributed by atoms with Gasteiger partial charge in [0.25, 0.3) is 0 Å². The van der Waals surface area contributed by atoms with E-state index in [1.54, 1.807) is 0 Å². The van der Waals surface area contributed by atoms with Crippen molar-refractivity contribution in [3.05, 3.63) is 53.6 Å². The highest BCUT2D eigenvalue weighted by atomic mass is 16.6. The molecule has 0 saturated carbocycles. The zero-order valence-electron chi connectivity index (χ0n) is 12.7. The van der Waals surface area contributed by atoms with Crippen LogP contribution in [0.3, 0.4) is 0 Å². The summed E-state index contributed by atoms with van der Waals surface area (Å²) in [5, 5.41) is 0. The molecular formula is C18H21NO3. The molecule has 0 bridgehead atoms. The average molecular weight is 299 g/mol. The summed E-state index contributed by atoms with van der Waals surface area (Å²) in [7, 11) is 0. The molecule has 3 rings (SSSR count). The van der Waals surface area contributed by atoms with Gasteiger partial charge in [-0.3, -0.25) is 0 Å². The van der Waals surface area contributed by atoms with E-state index in [2.05, 4.69) is 6.07 Å². The molecule has 0 aromatic heterocycles. The third-order valence-corrected chi connectivity index (χ3v) is 3.71. The van der Waals surface area contributed by atoms with Crippen LogP contribution < -0.4 is 19.9 Å². The Bertz CT molecular complexity index is 642. The highest BCUT2D eigenvalue weighted by Gasteiger charge is 2.16. The minimum Gasteiger partial charge on any atom is -0.494 e. The molecule has 1 atom stereocenters. The molecule has 0 spiro atoms. The third kappa shape index (κ3) is 3.17. The molecule has 1 aliphatic rings. The zero-order chi connectivity index (χ0) is 15.4. The van der Waals surface area contributed by atoms with Crippen LogP contribution in [0.5, 0.6) is 17.2 Å². The van der Waals surface area contributed by atoms with Crippen molar-refractivity contribution >= 4 is 0 Å². The van der Waals surface area contributed by atoms with Crippen LogP contribution in [0, 0.1) is 0 Å². The van der Waals surface area contributed by atoms with Gasteiger partial charge in [0.05, 0.1) is 6.61 Å². The Balaban J connectivity index is 1.78. The van der Waals surface area contributed by atoms with Crippen molar-refractivity contribution in [2.24, 2.45) is 5.73 Å². The van der Waals surface area contributed by atoms with E-state index in [1.165, 1.54) is 0 Å². The molecule has 4 heteroatoms. The average Bonchev–Trinajstić information content (AvgIpc) is 2.56. The highest BCUT2D eigenvalue weighted by molar-refractivity contribution is 5.45. The van der Waals surface area contributed by atoms with E-state index in [9.17, 15) is 0 Å². The molecule has 116 valence electrons. The maximum atomic E-state index is 6.37. The van der Waals surface area contributed by atoms with Crippen molar-refractivity contribution in [1.82, 2.24) is 0 Å². The molecule has 0 amide bonds. The summed E-state index contributed by atoms with van der Waals surface area (Å²) >= 11 is 0. The number of para-hydroxylation sites is 1. The molecule has 1 aliphatic heterocycles. The van der Waals surface area contributed by atoms with Gasteiger partial charge in [0, 0.05) is 6.04 Å². The molecule has 0 radical (unpaired) electrons. The highest BCUT2D eigenvalue weighted by Crippen LogP contribution is 2.33. The van der Waals surface area contributed by atoms with E-state index in [0.717, 1.165) is 34.8 Å². The lowest BCUT2D eigenvalue weighted by Crippen LogP contribution is -2.17. The van der Waals surface area contributed by atoms with Crippen molar-refractivity contribution in [2.75, 3.05) is 19.8 Å². The summed E-state index contributed by atoms with van der Waals surface area (Å²) < 4.78 is 16.8. The normalized spacial score (nSPS) is 14.5. The van der Waals surface area contributed by atoms with Crippen LogP contribution in [0.2, 0.25) is 0 Å². The zero-order valence-corrected chi connectivity index (χ0v) is 12.7. The predicted octanol–water partition coefficient (Wildman–Crippen LogP) is 3.10. The molecule has 2 aromatic carbocycles. The first-order valence-electron chi connectivity index (χ1n) is 7.63. The van der Waals surface area contributed by atoms with Crippen LogP contribution in [-0.2, 0) is 6.42 Å². The van der Waals surface area contributed by atoms with Gasteiger partial charge in [-0.2, -0.15) is 0 Å². The number of nitrogens with two attached hydrogens (primary N) is 1. The molecule has 22 heavy (non-hydrogen) atoms. The second kappa shape index (κ2) is 6.71. The molecule has 1 unspecified atom stereocenters. The number of ether oxygens (including phenoxy) is 3. The molecule has 4 nitrogen and oxygen atoms in total. The summed E-state index contributed by atoms with van der Waals surface area (Å²) in [6.45, 7) is 3.81. The quantitative estimate of drug-likeness (QED) is 0.921. The van der Waals surface area contributed by atoms with Crippen LogP contribution >= 0.6 is 0 Å². The molecule has 0 aliphatic carbocycles. The van der Waals surface area contributed by atoms with E-state index in [4.69, 9.17) is 19.9 Å². The minimum atomic E-state index is -0.113. The van der Waals surface area contributed by atoms with Gasteiger partial charge >= 0.3 is 0 Å². The summed E-state index contributed by atoms with van der Waals surface area (Å²) in [5.74, 6) is 2.47. The lowest BCUT2D eigenvalue weighted by Gasteiger charge is -2.21. The van der Waals surface area contributed by atoms with Crippen LogP contribution in [-0.4, -0.2) is 19.8 Å². The van der Waals surface area contributed by atoms with Gasteiger partial charge in [0.2, 0.25) is 0 Å². The van der Waals surface area contributed by atoms with Gasteiger partial charge in [0.15, 0.2) is 11.5 Å². The number of benzene rings is 2. The molecule has 0 saturated heterocycles. The molecular weight excluding hydrogens is 278 g/mol. The minimum absolute atomic E-state index is 0.113. The van der Waals surface area contributed by atoms with E-state index in [-0.39, 0.29) is 6.04 Å². The van der Waals surface area contributed by atoms with E-state index in [0.29, 0.717) is 19.8 Å². The van der Waals surface area contributed by atoms with Crippen LogP contribution in [0.1, 0.15) is 24.1 Å². The van der Waals surface area contributed by atoms with Crippen molar-refractivity contribution in [1.29, 1.82) is 0 Å². The maximum Gasteiger partial charge on any atom is 0.161 e. The summed E-state index contributed by atoms with van der Waals surface area (Å²) in [5.41, 5.74) is 8.53. The largest absolute Gasteiger partial charge is 0.494 e. The second-order valence-electron chi connectivity index (χ2n) is 5.25. The molecule has 2 N–H and O–H groups in total. The van der Waals surface area contributed by atoms with Crippen LogP contribution in [0.15, 0.2) is 42.5 Å². The Morgan fingerprint density at radius 2 is 1.86 bits per heavy atom. The number of hydrogen-bond donors (Lipinski definition) is 1. The van der Waals surface area contributed by atoms with Gasteiger partial charge in [-0.25, -0.2) is 0 Å². The van der Waals surface area contributed by atoms with Crippen LogP contribution in [0.25, 0.3) is 0 Å². The lowest BCUT2D eigenvalue weighted by atomic mass is 9.98. The Morgan fingerprint density at radius 3 is 2.68 bits per heavy atom. The smallest absolute Gasteiger partial charge is 0.161 e. The Morgan fingerprint density at radius 1 is 1.09 bits per heavy atom. The summed E-state index contributed by atoms with van der Waals surface area (Å²) in [6, 6.07) is 13.8. The third-order valence-electron chi connectivity index (χ3n) is 3.71. The lowest BCUT2D eigenvalue weighted by molar-refractivity contribution is 0.171. The van der Waals surface area contributed by atoms with Gasteiger partial charge in [-0.1, -0.05) is 24.3 Å². The Hall–Kier alpha value is -2.20. The Kier molecular flexibility index (Phi) is 4.49. The van der Waals surface area contributed by atoms with E-state index < -0.39 is 0 Å². The SMILES string of the molecule is CCOc1ccccc1CC(N)c1ccc2c(c1)OCCO2. The van der Waals surface area contributed by atoms with Crippen molar-refractivity contribution in [3.8, 4) is 17.2 Å². The first kappa shape index (κ1) is 14.7. The number of fused-ring (bicyclic) bond motifs is 1. The van der Waals surface area contributed by atoms with E-state index in [1.807, 2.05) is 43.3 Å². The molecule has 1 heterocycles. The molecule has 0 fully saturated rings. The van der Waals surface area contributed by atoms with Gasteiger partial charge in [0.1, 0.15) is 19.0 Å². The van der Waals surface area contributed by atoms with Gasteiger partial charge in [-0.05, 0) is 42.7 Å². The van der Waals surface area contributed by atoms with Crippen LogP contribution in [0.4, 0.5) is 0 Å².